The van der Waals surface area contributed by atoms with Gasteiger partial charge < -0.3 is 9.47 Å². The molecule has 0 saturated heterocycles. The average Bonchev–Trinajstić information content (AvgIpc) is 2.06. The highest BCUT2D eigenvalue weighted by Crippen LogP contribution is 2.13. The van der Waals surface area contributed by atoms with E-state index in [0.717, 1.165) is 5.56 Å². The van der Waals surface area contributed by atoms with Gasteiger partial charge in [0.1, 0.15) is 0 Å². The van der Waals surface area contributed by atoms with Gasteiger partial charge in [0.2, 0.25) is 5.88 Å². The molecule has 11 heavy (non-hydrogen) atoms. The van der Waals surface area contributed by atoms with Crippen LogP contribution in [0.15, 0.2) is 18.3 Å². The molecule has 0 bridgehead atoms. The lowest BCUT2D eigenvalue weighted by Gasteiger charge is -2.04. The molecule has 0 amide bonds. The van der Waals surface area contributed by atoms with Crippen LogP contribution in [0.2, 0.25) is 0 Å². The highest BCUT2D eigenvalue weighted by Gasteiger charge is 2.00. The fraction of sp³-hybridized carbons (Fsp3) is 0.375. The molecule has 1 rings (SSSR count). The minimum atomic E-state index is 0.539. The first kappa shape index (κ1) is 8.01. The van der Waals surface area contributed by atoms with Gasteiger partial charge in [-0.15, -0.1) is 0 Å². The SMILES string of the molecule is COCc1cccnc1OC. The number of ether oxygens (including phenoxy) is 2. The minimum absolute atomic E-state index is 0.539. The maximum absolute atomic E-state index is 5.01. The second kappa shape index (κ2) is 3.93. The van der Waals surface area contributed by atoms with E-state index in [1.54, 1.807) is 20.4 Å². The summed E-state index contributed by atoms with van der Waals surface area (Å²) in [5.41, 5.74) is 0.970. The molecular formula is C8H11NO2. The van der Waals surface area contributed by atoms with Crippen LogP contribution in [-0.2, 0) is 11.3 Å². The predicted molar refractivity (Wildman–Crippen MR) is 41.5 cm³/mol. The molecule has 3 heteroatoms. The van der Waals surface area contributed by atoms with E-state index in [2.05, 4.69) is 4.98 Å². The second-order valence-electron chi connectivity index (χ2n) is 2.10. The lowest BCUT2D eigenvalue weighted by atomic mass is 10.3. The highest BCUT2D eigenvalue weighted by molar-refractivity contribution is 5.24. The number of hydrogen-bond acceptors (Lipinski definition) is 3. The topological polar surface area (TPSA) is 31.4 Å². The van der Waals surface area contributed by atoms with E-state index in [0.29, 0.717) is 12.5 Å². The molecule has 0 fully saturated rings. The lowest BCUT2D eigenvalue weighted by Crippen LogP contribution is -1.95. The van der Waals surface area contributed by atoms with Crippen LogP contribution in [-0.4, -0.2) is 19.2 Å². The quantitative estimate of drug-likeness (QED) is 0.654. The van der Waals surface area contributed by atoms with Crippen LogP contribution in [0.25, 0.3) is 0 Å². The maximum Gasteiger partial charge on any atom is 0.218 e. The van der Waals surface area contributed by atoms with Crippen LogP contribution in [0.1, 0.15) is 5.56 Å². The van der Waals surface area contributed by atoms with E-state index in [4.69, 9.17) is 9.47 Å². The van der Waals surface area contributed by atoms with Crippen LogP contribution in [0.5, 0.6) is 5.88 Å². The molecule has 1 aromatic heterocycles. The smallest absolute Gasteiger partial charge is 0.218 e. The van der Waals surface area contributed by atoms with Crippen molar-refractivity contribution in [3.8, 4) is 5.88 Å². The third-order valence-corrected chi connectivity index (χ3v) is 1.34. The number of nitrogens with zero attached hydrogens (tertiary/aromatic N) is 1. The van der Waals surface area contributed by atoms with Crippen molar-refractivity contribution in [1.82, 2.24) is 4.98 Å². The Bertz CT molecular complexity index is 225. The molecule has 0 aliphatic rings. The maximum atomic E-state index is 5.01. The van der Waals surface area contributed by atoms with Crippen LogP contribution in [0, 0.1) is 0 Å². The van der Waals surface area contributed by atoms with E-state index in [9.17, 15) is 0 Å². The summed E-state index contributed by atoms with van der Waals surface area (Å²) in [5, 5.41) is 0. The van der Waals surface area contributed by atoms with Crippen molar-refractivity contribution < 1.29 is 9.47 Å². The summed E-state index contributed by atoms with van der Waals surface area (Å²) in [6.07, 6.45) is 1.69. The molecule has 3 nitrogen and oxygen atoms in total. The van der Waals surface area contributed by atoms with E-state index in [-0.39, 0.29) is 0 Å². The van der Waals surface area contributed by atoms with Crippen molar-refractivity contribution in [1.29, 1.82) is 0 Å². The number of hydrogen-bond donors (Lipinski definition) is 0. The predicted octanol–water partition coefficient (Wildman–Crippen LogP) is 1.24. The monoisotopic (exact) mass is 153 g/mol. The third kappa shape index (κ3) is 1.91. The normalized spacial score (nSPS) is 9.64. The van der Waals surface area contributed by atoms with Crippen molar-refractivity contribution in [3.05, 3.63) is 23.9 Å². The van der Waals surface area contributed by atoms with Gasteiger partial charge >= 0.3 is 0 Å². The fourth-order valence-corrected chi connectivity index (χ4v) is 0.873. The summed E-state index contributed by atoms with van der Waals surface area (Å²) < 4.78 is 9.96. The van der Waals surface area contributed by atoms with Crippen LogP contribution in [0.3, 0.4) is 0 Å². The first-order valence-corrected chi connectivity index (χ1v) is 3.35. The molecule has 60 valence electrons. The molecule has 0 N–H and O–H groups in total. The average molecular weight is 153 g/mol. The zero-order valence-electron chi connectivity index (χ0n) is 6.70. The molecule has 0 radical (unpaired) electrons. The molecule has 1 aromatic rings. The summed E-state index contributed by atoms with van der Waals surface area (Å²) in [5.74, 6) is 0.634. The molecule has 0 aliphatic heterocycles. The van der Waals surface area contributed by atoms with Crippen molar-refractivity contribution in [2.45, 2.75) is 6.61 Å². The van der Waals surface area contributed by atoms with Crippen LogP contribution < -0.4 is 4.74 Å². The molecule has 0 atom stereocenters. The molecule has 0 spiro atoms. The zero-order valence-corrected chi connectivity index (χ0v) is 6.70. The Labute approximate surface area is 66.0 Å². The van der Waals surface area contributed by atoms with Crippen molar-refractivity contribution >= 4 is 0 Å². The Hall–Kier alpha value is -1.09. The number of methoxy groups -OCH3 is 2. The third-order valence-electron chi connectivity index (χ3n) is 1.34. The zero-order chi connectivity index (χ0) is 8.10. The van der Waals surface area contributed by atoms with Gasteiger partial charge in [0, 0.05) is 18.9 Å². The summed E-state index contributed by atoms with van der Waals surface area (Å²) in [6.45, 7) is 0.539. The van der Waals surface area contributed by atoms with E-state index < -0.39 is 0 Å². The molecular weight excluding hydrogens is 142 g/mol. The molecule has 0 unspecified atom stereocenters. The van der Waals surface area contributed by atoms with Gasteiger partial charge in [-0.3, -0.25) is 0 Å². The molecule has 0 saturated carbocycles. The second-order valence-corrected chi connectivity index (χ2v) is 2.10. The number of aromatic nitrogens is 1. The van der Waals surface area contributed by atoms with Gasteiger partial charge in [-0.25, -0.2) is 4.98 Å². The number of rotatable bonds is 3. The van der Waals surface area contributed by atoms with Gasteiger partial charge in [0.25, 0.3) is 0 Å². The Kier molecular flexibility index (Phi) is 2.86. The summed E-state index contributed by atoms with van der Waals surface area (Å²) in [6, 6.07) is 3.78. The van der Waals surface area contributed by atoms with Crippen LogP contribution >= 0.6 is 0 Å². The van der Waals surface area contributed by atoms with Crippen LogP contribution in [0.4, 0.5) is 0 Å². The first-order chi connectivity index (χ1) is 5.38. The molecule has 0 aliphatic carbocycles. The minimum Gasteiger partial charge on any atom is -0.481 e. The Balaban J connectivity index is 2.83. The van der Waals surface area contributed by atoms with Gasteiger partial charge in [-0.1, -0.05) is 0 Å². The van der Waals surface area contributed by atoms with Crippen molar-refractivity contribution in [2.75, 3.05) is 14.2 Å². The molecule has 1 heterocycles. The van der Waals surface area contributed by atoms with Gasteiger partial charge in [-0.05, 0) is 12.1 Å². The number of pyridine rings is 1. The van der Waals surface area contributed by atoms with Crippen molar-refractivity contribution in [3.63, 3.8) is 0 Å². The van der Waals surface area contributed by atoms with Crippen molar-refractivity contribution in [2.24, 2.45) is 0 Å². The highest BCUT2D eigenvalue weighted by atomic mass is 16.5. The first-order valence-electron chi connectivity index (χ1n) is 3.35. The molecule has 0 aromatic carbocycles. The Morgan fingerprint density at radius 1 is 1.45 bits per heavy atom. The largest absolute Gasteiger partial charge is 0.481 e. The standard InChI is InChI=1S/C8H11NO2/c1-10-6-7-4-3-5-9-8(7)11-2/h3-5H,6H2,1-2H3. The summed E-state index contributed by atoms with van der Waals surface area (Å²) in [4.78, 5) is 4.01. The summed E-state index contributed by atoms with van der Waals surface area (Å²) >= 11 is 0. The summed E-state index contributed by atoms with van der Waals surface area (Å²) in [7, 11) is 3.24. The Morgan fingerprint density at radius 2 is 2.27 bits per heavy atom. The van der Waals surface area contributed by atoms with E-state index in [1.165, 1.54) is 0 Å². The van der Waals surface area contributed by atoms with Gasteiger partial charge in [0.15, 0.2) is 0 Å². The lowest BCUT2D eigenvalue weighted by molar-refractivity contribution is 0.181. The van der Waals surface area contributed by atoms with E-state index >= 15 is 0 Å². The Morgan fingerprint density at radius 3 is 2.91 bits per heavy atom. The van der Waals surface area contributed by atoms with E-state index in [1.807, 2.05) is 12.1 Å². The fourth-order valence-electron chi connectivity index (χ4n) is 0.873. The van der Waals surface area contributed by atoms with Gasteiger partial charge in [0.05, 0.1) is 13.7 Å². The van der Waals surface area contributed by atoms with Gasteiger partial charge in [-0.2, -0.15) is 0 Å².